The van der Waals surface area contributed by atoms with Crippen LogP contribution in [-0.2, 0) is 0 Å². The van der Waals surface area contributed by atoms with Gasteiger partial charge in [-0.25, -0.2) is 0 Å². The van der Waals surface area contributed by atoms with Gasteiger partial charge in [-0.2, -0.15) is 5.26 Å². The van der Waals surface area contributed by atoms with Crippen LogP contribution < -0.4 is 11.1 Å². The Kier molecular flexibility index (Phi) is 4.38. The minimum atomic E-state index is -0.813. The zero-order chi connectivity index (χ0) is 17.4. The molecule has 2 heterocycles. The third-order valence-corrected chi connectivity index (χ3v) is 7.00. The molecule has 1 aliphatic rings. The lowest BCUT2D eigenvalue weighted by Gasteiger charge is -2.11. The molecule has 0 spiro atoms. The molecule has 0 aliphatic heterocycles. The third kappa shape index (κ3) is 2.89. The number of rotatable bonds is 4. The highest BCUT2D eigenvalue weighted by Crippen LogP contribution is 2.44. The molecule has 0 amide bonds. The summed E-state index contributed by atoms with van der Waals surface area (Å²) in [6.45, 7) is 0. The van der Waals surface area contributed by atoms with Crippen molar-refractivity contribution in [3.05, 3.63) is 45.6 Å². The second kappa shape index (κ2) is 6.68. The van der Waals surface area contributed by atoms with Gasteiger partial charge in [-0.1, -0.05) is 31.0 Å². The van der Waals surface area contributed by atoms with E-state index in [1.54, 1.807) is 11.3 Å². The van der Waals surface area contributed by atoms with Crippen LogP contribution in [0.3, 0.4) is 0 Å². The average Bonchev–Trinajstić information content (AvgIpc) is 3.34. The molecule has 128 valence electrons. The van der Waals surface area contributed by atoms with Crippen molar-refractivity contribution in [2.24, 2.45) is 0 Å². The van der Waals surface area contributed by atoms with E-state index in [9.17, 15) is 10.4 Å². The van der Waals surface area contributed by atoms with E-state index < -0.39 is 6.10 Å². The van der Waals surface area contributed by atoms with Crippen molar-refractivity contribution in [2.45, 2.75) is 37.8 Å². The van der Waals surface area contributed by atoms with Crippen LogP contribution in [0.5, 0.6) is 0 Å². The summed E-state index contributed by atoms with van der Waals surface area (Å²) in [6, 6.07) is 10.6. The van der Waals surface area contributed by atoms with E-state index in [0.29, 0.717) is 22.2 Å². The number of nitrogens with zero attached hydrogens (tertiary/aromatic N) is 1. The van der Waals surface area contributed by atoms with Gasteiger partial charge in [0.1, 0.15) is 22.7 Å². The molecule has 2 aromatic heterocycles. The zero-order valence-electron chi connectivity index (χ0n) is 13.7. The van der Waals surface area contributed by atoms with Gasteiger partial charge >= 0.3 is 0 Å². The molecular weight excluding hydrogens is 350 g/mol. The molecule has 1 aliphatic carbocycles. The number of thiophene rings is 2. The Balaban J connectivity index is 1.72. The van der Waals surface area contributed by atoms with Crippen LogP contribution in [0.25, 0.3) is 10.1 Å². The van der Waals surface area contributed by atoms with Gasteiger partial charge in [0.25, 0.3) is 0 Å². The van der Waals surface area contributed by atoms with Crippen molar-refractivity contribution in [1.29, 1.82) is 5.26 Å². The number of hydrogen-bond acceptors (Lipinski definition) is 6. The maximum absolute atomic E-state index is 11.0. The van der Waals surface area contributed by atoms with Crippen LogP contribution >= 0.6 is 22.7 Å². The summed E-state index contributed by atoms with van der Waals surface area (Å²) in [4.78, 5) is 0.653. The van der Waals surface area contributed by atoms with Crippen molar-refractivity contribution in [2.75, 3.05) is 11.1 Å². The van der Waals surface area contributed by atoms with Crippen molar-refractivity contribution in [3.8, 4) is 6.07 Å². The first kappa shape index (κ1) is 16.4. The van der Waals surface area contributed by atoms with Crippen LogP contribution in [-0.4, -0.2) is 11.1 Å². The number of nitriles is 1. The van der Waals surface area contributed by atoms with Crippen molar-refractivity contribution in [3.63, 3.8) is 0 Å². The van der Waals surface area contributed by atoms with Crippen LogP contribution in [0.2, 0.25) is 0 Å². The summed E-state index contributed by atoms with van der Waals surface area (Å²) in [7, 11) is 0. The Bertz CT molecular complexity index is 947. The van der Waals surface area contributed by atoms with Crippen LogP contribution in [0, 0.1) is 11.3 Å². The lowest BCUT2D eigenvalue weighted by molar-refractivity contribution is 0.227. The first-order chi connectivity index (χ1) is 12.2. The van der Waals surface area contributed by atoms with Gasteiger partial charge in [0, 0.05) is 16.3 Å². The van der Waals surface area contributed by atoms with Gasteiger partial charge in [0.05, 0.1) is 10.6 Å². The molecule has 0 radical (unpaired) electrons. The second-order valence-corrected chi connectivity index (χ2v) is 8.37. The highest BCUT2D eigenvalue weighted by Gasteiger charge is 2.26. The molecule has 1 saturated carbocycles. The molecule has 3 aromatic rings. The summed E-state index contributed by atoms with van der Waals surface area (Å²) in [5.74, 6) is 0. The summed E-state index contributed by atoms with van der Waals surface area (Å²) in [6.07, 6.45) is 3.87. The molecule has 1 atom stereocenters. The zero-order valence-corrected chi connectivity index (χ0v) is 15.3. The lowest BCUT2D eigenvalue weighted by Crippen LogP contribution is -2.14. The second-order valence-electron chi connectivity index (χ2n) is 6.41. The number of anilines is 2. The van der Waals surface area contributed by atoms with E-state index in [2.05, 4.69) is 11.4 Å². The maximum Gasteiger partial charge on any atom is 0.117 e. The van der Waals surface area contributed by atoms with Crippen LogP contribution in [0.4, 0.5) is 10.7 Å². The molecule has 0 bridgehead atoms. The molecule has 0 saturated heterocycles. The summed E-state index contributed by atoms with van der Waals surface area (Å²) >= 11 is 3.02. The number of nitrogens with two attached hydrogens (primary N) is 1. The number of aliphatic hydroxyl groups excluding tert-OH is 1. The minimum absolute atomic E-state index is 0.399. The normalized spacial score (nSPS) is 16.2. The Morgan fingerprint density at radius 1 is 1.28 bits per heavy atom. The fourth-order valence-corrected chi connectivity index (χ4v) is 5.62. The van der Waals surface area contributed by atoms with Crippen molar-refractivity contribution >= 4 is 43.4 Å². The summed E-state index contributed by atoms with van der Waals surface area (Å²) in [5, 5.41) is 27.8. The predicted octanol–water partition coefficient (Wildman–Crippen LogP) is 4.85. The van der Waals surface area contributed by atoms with Crippen LogP contribution in [0.15, 0.2) is 29.6 Å². The van der Waals surface area contributed by atoms with Crippen molar-refractivity contribution < 1.29 is 5.11 Å². The van der Waals surface area contributed by atoms with E-state index in [0.717, 1.165) is 33.5 Å². The fourth-order valence-electron chi connectivity index (χ4n) is 3.48. The van der Waals surface area contributed by atoms with E-state index in [4.69, 9.17) is 5.73 Å². The molecule has 1 aromatic carbocycles. The fraction of sp³-hybridized carbons (Fsp3) is 0.316. The summed E-state index contributed by atoms with van der Waals surface area (Å²) in [5.41, 5.74) is 7.95. The van der Waals surface area contributed by atoms with Gasteiger partial charge in [-0.3, -0.25) is 0 Å². The number of nitrogen functional groups attached to an aromatic ring is 1. The highest BCUT2D eigenvalue weighted by atomic mass is 32.1. The van der Waals surface area contributed by atoms with Crippen molar-refractivity contribution in [1.82, 2.24) is 0 Å². The first-order valence-electron chi connectivity index (χ1n) is 8.42. The van der Waals surface area contributed by atoms with E-state index in [1.165, 1.54) is 24.2 Å². The number of benzene rings is 1. The average molecular weight is 370 g/mol. The van der Waals surface area contributed by atoms with Gasteiger partial charge in [0.15, 0.2) is 0 Å². The Morgan fingerprint density at radius 2 is 2.04 bits per heavy atom. The standard InChI is InChI=1S/C19H19N3OS2/c20-9-13-16(21)18(25-19(13)22-11-5-1-2-6-11)17(23)14-10-24-15-8-4-3-7-12(14)15/h3-4,7-8,10-11,17,22-23H,1-2,5-6,21H2. The molecule has 6 heteroatoms. The first-order valence-corrected chi connectivity index (χ1v) is 10.1. The number of fused-ring (bicyclic) bond motifs is 1. The Hall–Kier alpha value is -2.07. The molecular formula is C19H19N3OS2. The topological polar surface area (TPSA) is 82.1 Å². The highest BCUT2D eigenvalue weighted by molar-refractivity contribution is 7.18. The molecule has 1 unspecified atom stereocenters. The molecule has 1 fully saturated rings. The minimum Gasteiger partial charge on any atom is -0.397 e. The van der Waals surface area contributed by atoms with Gasteiger partial charge in [-0.05, 0) is 29.7 Å². The summed E-state index contributed by atoms with van der Waals surface area (Å²) < 4.78 is 1.14. The molecule has 4 rings (SSSR count). The maximum atomic E-state index is 11.0. The van der Waals surface area contributed by atoms with E-state index in [1.807, 2.05) is 29.6 Å². The Labute approximate surface area is 154 Å². The molecule has 25 heavy (non-hydrogen) atoms. The van der Waals surface area contributed by atoms with Gasteiger partial charge in [0.2, 0.25) is 0 Å². The predicted molar refractivity (Wildman–Crippen MR) is 105 cm³/mol. The van der Waals surface area contributed by atoms with Gasteiger partial charge < -0.3 is 16.2 Å². The molecule has 4 nitrogen and oxygen atoms in total. The quantitative estimate of drug-likeness (QED) is 0.614. The number of nitrogens with one attached hydrogen (secondary N) is 1. The Morgan fingerprint density at radius 3 is 2.80 bits per heavy atom. The molecule has 4 N–H and O–H groups in total. The van der Waals surface area contributed by atoms with E-state index >= 15 is 0 Å². The third-order valence-electron chi connectivity index (χ3n) is 4.83. The lowest BCUT2D eigenvalue weighted by atomic mass is 10.1. The number of aliphatic hydroxyl groups is 1. The van der Waals surface area contributed by atoms with Crippen LogP contribution in [0.1, 0.15) is 47.8 Å². The number of hydrogen-bond donors (Lipinski definition) is 3. The largest absolute Gasteiger partial charge is 0.397 e. The monoisotopic (exact) mass is 369 g/mol. The van der Waals surface area contributed by atoms with E-state index in [-0.39, 0.29) is 0 Å². The smallest absolute Gasteiger partial charge is 0.117 e. The van der Waals surface area contributed by atoms with Gasteiger partial charge in [-0.15, -0.1) is 22.7 Å². The SMILES string of the molecule is N#Cc1c(NC2CCCC2)sc(C(O)c2csc3ccccc23)c1N.